The van der Waals surface area contributed by atoms with Crippen molar-refractivity contribution in [1.29, 1.82) is 0 Å². The zero-order valence-corrected chi connectivity index (χ0v) is 8.72. The van der Waals surface area contributed by atoms with E-state index in [4.69, 9.17) is 11.6 Å². The number of aromatic nitrogens is 3. The number of hydrogen-bond donors (Lipinski definition) is 1. The van der Waals surface area contributed by atoms with E-state index in [0.29, 0.717) is 12.4 Å². The van der Waals surface area contributed by atoms with Crippen LogP contribution in [0.5, 0.6) is 0 Å². The summed E-state index contributed by atoms with van der Waals surface area (Å²) in [7, 11) is 0. The maximum Gasteiger partial charge on any atom is 0.224 e. The minimum absolute atomic E-state index is 0.245. The van der Waals surface area contributed by atoms with E-state index in [0.717, 1.165) is 5.01 Å². The summed E-state index contributed by atoms with van der Waals surface area (Å²) < 4.78 is 0. The predicted molar refractivity (Wildman–Crippen MR) is 56.5 cm³/mol. The number of rotatable bonds is 3. The van der Waals surface area contributed by atoms with E-state index in [1.165, 1.54) is 0 Å². The number of nitrogens with zero attached hydrogens (tertiary/aromatic N) is 3. The van der Waals surface area contributed by atoms with Gasteiger partial charge in [0.2, 0.25) is 5.28 Å². The van der Waals surface area contributed by atoms with Crippen LogP contribution in [0, 0.1) is 0 Å². The molecule has 0 bridgehead atoms. The Balaban J connectivity index is 1.98. The molecule has 72 valence electrons. The van der Waals surface area contributed by atoms with Gasteiger partial charge in [-0.15, -0.1) is 11.3 Å². The average Bonchev–Trinajstić information content (AvgIpc) is 2.67. The molecule has 1 N–H and O–H groups in total. The van der Waals surface area contributed by atoms with Crippen LogP contribution in [0.15, 0.2) is 23.8 Å². The zero-order valence-electron chi connectivity index (χ0n) is 7.14. The van der Waals surface area contributed by atoms with Crippen LogP contribution in [0.2, 0.25) is 5.28 Å². The van der Waals surface area contributed by atoms with Gasteiger partial charge in [0, 0.05) is 17.8 Å². The van der Waals surface area contributed by atoms with Gasteiger partial charge in [0.05, 0.1) is 6.54 Å². The van der Waals surface area contributed by atoms with Gasteiger partial charge < -0.3 is 5.32 Å². The van der Waals surface area contributed by atoms with Gasteiger partial charge >= 0.3 is 0 Å². The molecule has 0 aliphatic heterocycles. The first kappa shape index (κ1) is 9.36. The predicted octanol–water partition coefficient (Wildman–Crippen LogP) is 2.20. The zero-order chi connectivity index (χ0) is 9.80. The Morgan fingerprint density at radius 2 is 2.29 bits per heavy atom. The van der Waals surface area contributed by atoms with Crippen LogP contribution in [0.25, 0.3) is 0 Å². The molecule has 0 saturated heterocycles. The Labute approximate surface area is 90.0 Å². The number of thiazole rings is 1. The first-order chi connectivity index (χ1) is 6.84. The second kappa shape index (κ2) is 4.34. The van der Waals surface area contributed by atoms with Crippen LogP contribution in [-0.4, -0.2) is 15.0 Å². The third-order valence-electron chi connectivity index (χ3n) is 1.53. The highest BCUT2D eigenvalue weighted by molar-refractivity contribution is 7.09. The lowest BCUT2D eigenvalue weighted by atomic mass is 10.5. The van der Waals surface area contributed by atoms with E-state index in [1.54, 1.807) is 29.8 Å². The summed E-state index contributed by atoms with van der Waals surface area (Å²) in [6, 6.07) is 1.76. The second-order valence-electron chi connectivity index (χ2n) is 2.49. The van der Waals surface area contributed by atoms with Gasteiger partial charge in [0.15, 0.2) is 0 Å². The van der Waals surface area contributed by atoms with Crippen LogP contribution in [0.1, 0.15) is 5.01 Å². The third kappa shape index (κ3) is 2.40. The van der Waals surface area contributed by atoms with Gasteiger partial charge in [0.25, 0.3) is 0 Å². The maximum atomic E-state index is 5.63. The van der Waals surface area contributed by atoms with Crippen molar-refractivity contribution in [2.24, 2.45) is 0 Å². The lowest BCUT2D eigenvalue weighted by Crippen LogP contribution is -2.01. The van der Waals surface area contributed by atoms with Crippen molar-refractivity contribution < 1.29 is 0 Å². The van der Waals surface area contributed by atoms with E-state index in [-0.39, 0.29) is 5.28 Å². The Kier molecular flexibility index (Phi) is 2.90. The van der Waals surface area contributed by atoms with Gasteiger partial charge in [-0.05, 0) is 17.7 Å². The lowest BCUT2D eigenvalue weighted by molar-refractivity contribution is 1.06. The molecule has 0 atom stereocenters. The first-order valence-electron chi connectivity index (χ1n) is 3.95. The summed E-state index contributed by atoms with van der Waals surface area (Å²) in [6.07, 6.45) is 3.38. The van der Waals surface area contributed by atoms with E-state index in [9.17, 15) is 0 Å². The molecule has 4 nitrogen and oxygen atoms in total. The van der Waals surface area contributed by atoms with Crippen molar-refractivity contribution in [3.05, 3.63) is 34.1 Å². The summed E-state index contributed by atoms with van der Waals surface area (Å²) >= 11 is 7.23. The largest absolute Gasteiger partial charge is 0.363 e. The fourth-order valence-electron chi connectivity index (χ4n) is 0.940. The van der Waals surface area contributed by atoms with Gasteiger partial charge in [-0.25, -0.2) is 15.0 Å². The molecule has 2 aromatic rings. The maximum absolute atomic E-state index is 5.63. The van der Waals surface area contributed by atoms with Crippen LogP contribution in [-0.2, 0) is 6.54 Å². The molecule has 0 aliphatic carbocycles. The summed E-state index contributed by atoms with van der Waals surface area (Å²) in [5.41, 5.74) is 0. The molecule has 6 heteroatoms. The van der Waals surface area contributed by atoms with Gasteiger partial charge in [0.1, 0.15) is 10.8 Å². The number of nitrogens with one attached hydrogen (secondary N) is 1. The molecule has 0 unspecified atom stereocenters. The Morgan fingerprint density at radius 3 is 3.00 bits per heavy atom. The van der Waals surface area contributed by atoms with Crippen molar-refractivity contribution in [3.8, 4) is 0 Å². The molecule has 0 spiro atoms. The molecule has 0 radical (unpaired) electrons. The number of halogens is 1. The molecule has 2 rings (SSSR count). The molecule has 0 amide bonds. The average molecular weight is 227 g/mol. The fraction of sp³-hybridized carbons (Fsp3) is 0.125. The van der Waals surface area contributed by atoms with Gasteiger partial charge in [-0.3, -0.25) is 0 Å². The highest BCUT2D eigenvalue weighted by Gasteiger charge is 1.97. The van der Waals surface area contributed by atoms with Crippen molar-refractivity contribution >= 4 is 28.8 Å². The quantitative estimate of drug-likeness (QED) is 0.816. The molecule has 0 aromatic carbocycles. The lowest BCUT2D eigenvalue weighted by Gasteiger charge is -2.01. The second-order valence-corrected chi connectivity index (χ2v) is 3.81. The normalized spacial score (nSPS) is 10.1. The van der Waals surface area contributed by atoms with Crippen LogP contribution in [0.3, 0.4) is 0 Å². The molecular weight excluding hydrogens is 220 g/mol. The summed E-state index contributed by atoms with van der Waals surface area (Å²) in [5, 5.41) is 6.29. The highest BCUT2D eigenvalue weighted by atomic mass is 35.5. The van der Waals surface area contributed by atoms with E-state index < -0.39 is 0 Å². The van der Waals surface area contributed by atoms with Crippen molar-refractivity contribution in [1.82, 2.24) is 15.0 Å². The minimum atomic E-state index is 0.245. The minimum Gasteiger partial charge on any atom is -0.363 e. The molecule has 14 heavy (non-hydrogen) atoms. The Morgan fingerprint density at radius 1 is 1.36 bits per heavy atom. The van der Waals surface area contributed by atoms with Crippen molar-refractivity contribution in [2.75, 3.05) is 5.32 Å². The molecular formula is C8H7ClN4S. The van der Waals surface area contributed by atoms with Crippen LogP contribution < -0.4 is 5.32 Å². The van der Waals surface area contributed by atoms with Crippen molar-refractivity contribution in [2.45, 2.75) is 6.54 Å². The molecule has 2 heterocycles. The monoisotopic (exact) mass is 226 g/mol. The molecule has 0 fully saturated rings. The van der Waals surface area contributed by atoms with Crippen molar-refractivity contribution in [3.63, 3.8) is 0 Å². The third-order valence-corrected chi connectivity index (χ3v) is 2.49. The van der Waals surface area contributed by atoms with Gasteiger partial charge in [-0.2, -0.15) is 0 Å². The standard InChI is InChI=1S/C8H7ClN4S/c9-8-11-2-1-6(13-8)12-5-7-10-3-4-14-7/h1-4H,5H2,(H,11,12,13). The fourth-order valence-corrected chi connectivity index (χ4v) is 1.64. The Hall–Kier alpha value is -1.20. The number of anilines is 1. The molecule has 2 aromatic heterocycles. The first-order valence-corrected chi connectivity index (χ1v) is 5.21. The Bertz CT molecular complexity index is 403. The van der Waals surface area contributed by atoms with Gasteiger partial charge in [-0.1, -0.05) is 0 Å². The van der Waals surface area contributed by atoms with E-state index in [2.05, 4.69) is 20.3 Å². The van der Waals surface area contributed by atoms with Crippen LogP contribution in [0.4, 0.5) is 5.82 Å². The smallest absolute Gasteiger partial charge is 0.224 e. The summed E-state index contributed by atoms with van der Waals surface area (Å²) in [6.45, 7) is 0.658. The number of hydrogen-bond acceptors (Lipinski definition) is 5. The van der Waals surface area contributed by atoms with E-state index >= 15 is 0 Å². The molecule has 0 aliphatic rings. The highest BCUT2D eigenvalue weighted by Crippen LogP contribution is 2.09. The molecule has 0 saturated carbocycles. The SMILES string of the molecule is Clc1nccc(NCc2nccs2)n1. The van der Waals surface area contributed by atoms with E-state index in [1.807, 2.05) is 5.38 Å². The topological polar surface area (TPSA) is 50.7 Å². The summed E-state index contributed by atoms with van der Waals surface area (Å²) in [4.78, 5) is 11.9. The van der Waals surface area contributed by atoms with Crippen LogP contribution >= 0.6 is 22.9 Å². The summed E-state index contributed by atoms with van der Waals surface area (Å²) in [5.74, 6) is 0.709.